The first-order valence-corrected chi connectivity index (χ1v) is 18.3. The van der Waals surface area contributed by atoms with Crippen molar-refractivity contribution in [2.75, 3.05) is 0 Å². The number of hydrogen-bond donors (Lipinski definition) is 1. The molecule has 1 atom stereocenters. The molecule has 5 nitrogen and oxygen atoms in total. The van der Waals surface area contributed by atoms with Crippen LogP contribution in [0.4, 0.5) is 0 Å². The van der Waals surface area contributed by atoms with Gasteiger partial charge in [-0.1, -0.05) is 146 Å². The summed E-state index contributed by atoms with van der Waals surface area (Å²) in [6.45, 7) is 0. The molecule has 1 aliphatic rings. The highest BCUT2D eigenvalue weighted by molar-refractivity contribution is 7.27. The molecule has 0 amide bonds. The van der Waals surface area contributed by atoms with Crippen molar-refractivity contribution in [3.8, 4) is 11.3 Å². The molecule has 11 rings (SSSR count). The fraction of sp³-hybridized carbons (Fsp3) is 0.0217. The van der Waals surface area contributed by atoms with Crippen molar-refractivity contribution >= 4 is 86.8 Å². The third-order valence-corrected chi connectivity index (χ3v) is 11.5. The molecule has 0 bridgehead atoms. The average molecular weight is 684 g/mol. The van der Waals surface area contributed by atoms with Crippen LogP contribution < -0.4 is 5.32 Å². The number of aromatic nitrogens is 2. The Balaban J connectivity index is 1.18. The second kappa shape index (κ2) is 11.5. The zero-order chi connectivity index (χ0) is 34.2. The number of benzene rings is 7. The van der Waals surface area contributed by atoms with Crippen molar-refractivity contribution in [1.82, 2.24) is 14.9 Å². The molecule has 3 aromatic heterocycles. The lowest BCUT2D eigenvalue weighted by molar-refractivity contribution is 0.752. The lowest BCUT2D eigenvalue weighted by atomic mass is 9.98. The minimum Gasteiger partial charge on any atom is -0.310 e. The maximum atomic E-state index is 5.43. The number of thiophene rings is 1. The second-order valence-electron chi connectivity index (χ2n) is 13.2. The Bertz CT molecular complexity index is 3050. The van der Waals surface area contributed by atoms with E-state index in [2.05, 4.69) is 168 Å². The first kappa shape index (κ1) is 29.1. The Hall–Kier alpha value is -6.63. The van der Waals surface area contributed by atoms with Crippen LogP contribution in [0.25, 0.3) is 74.9 Å². The number of amidine groups is 1. The molecule has 0 fully saturated rings. The smallest absolute Gasteiger partial charge is 0.211 e. The maximum Gasteiger partial charge on any atom is 0.211 e. The Labute approximate surface area is 302 Å². The number of hydrogen-bond acceptors (Lipinski definition) is 5. The van der Waals surface area contributed by atoms with Crippen LogP contribution in [-0.4, -0.2) is 21.3 Å². The Morgan fingerprint density at radius 1 is 0.481 bits per heavy atom. The molecular weight excluding hydrogens is 655 g/mol. The van der Waals surface area contributed by atoms with Gasteiger partial charge in [0.25, 0.3) is 0 Å². The number of aliphatic imine (C=N–C) groups is 2. The fourth-order valence-corrected chi connectivity index (χ4v) is 9.31. The highest BCUT2D eigenvalue weighted by atomic mass is 32.1. The lowest BCUT2D eigenvalue weighted by Gasteiger charge is -2.23. The molecule has 6 heteroatoms. The molecule has 10 aromatic rings. The summed E-state index contributed by atoms with van der Waals surface area (Å²) in [5.41, 5.74) is 7.42. The summed E-state index contributed by atoms with van der Waals surface area (Å²) in [6, 6.07) is 57.6. The molecular formula is C46H29N5S. The third kappa shape index (κ3) is 4.38. The summed E-state index contributed by atoms with van der Waals surface area (Å²) in [5.74, 6) is 1.55. The summed E-state index contributed by atoms with van der Waals surface area (Å²) in [4.78, 5) is 16.0. The number of fused-ring (bicyclic) bond motifs is 10. The largest absolute Gasteiger partial charge is 0.310 e. The summed E-state index contributed by atoms with van der Waals surface area (Å²) in [6.07, 6.45) is -0.465. The van der Waals surface area contributed by atoms with Crippen LogP contribution in [-0.2, 0) is 0 Å². The number of nitrogens with zero attached hydrogens (tertiary/aromatic N) is 4. The Morgan fingerprint density at radius 3 is 1.83 bits per heavy atom. The van der Waals surface area contributed by atoms with Crippen LogP contribution >= 0.6 is 11.3 Å². The lowest BCUT2D eigenvalue weighted by Crippen LogP contribution is -2.39. The van der Waals surface area contributed by atoms with Crippen molar-refractivity contribution in [2.24, 2.45) is 9.98 Å². The van der Waals surface area contributed by atoms with Crippen LogP contribution in [0.3, 0.4) is 0 Å². The van der Waals surface area contributed by atoms with E-state index in [1.54, 1.807) is 0 Å². The highest BCUT2D eigenvalue weighted by Crippen LogP contribution is 2.46. The molecule has 4 heterocycles. The van der Waals surface area contributed by atoms with E-state index in [-0.39, 0.29) is 0 Å². The van der Waals surface area contributed by atoms with Gasteiger partial charge in [-0.25, -0.2) is 15.0 Å². The third-order valence-electron chi connectivity index (χ3n) is 10.2. The van der Waals surface area contributed by atoms with E-state index in [9.17, 15) is 0 Å². The minimum atomic E-state index is -0.465. The van der Waals surface area contributed by atoms with Gasteiger partial charge < -0.3 is 5.32 Å². The van der Waals surface area contributed by atoms with Crippen LogP contribution in [0.2, 0.25) is 0 Å². The SMILES string of the molecule is c1ccc(C2=NC(c3cccc4c3sc3c4ccc4c(-c5ccccc5)nc5ccccc5c43)N=C(n3c4ccccc4c4ccccc43)N2)cc1. The van der Waals surface area contributed by atoms with Crippen molar-refractivity contribution < 1.29 is 0 Å². The van der Waals surface area contributed by atoms with Gasteiger partial charge in [-0.3, -0.25) is 4.57 Å². The van der Waals surface area contributed by atoms with E-state index in [1.165, 1.54) is 36.3 Å². The van der Waals surface area contributed by atoms with Crippen molar-refractivity contribution in [2.45, 2.75) is 6.17 Å². The van der Waals surface area contributed by atoms with Crippen molar-refractivity contribution in [3.05, 3.63) is 175 Å². The number of pyridine rings is 1. The first-order valence-electron chi connectivity index (χ1n) is 17.5. The quantitative estimate of drug-likeness (QED) is 0.188. The number of nitrogens with one attached hydrogen (secondary N) is 1. The van der Waals surface area contributed by atoms with E-state index >= 15 is 0 Å². The van der Waals surface area contributed by atoms with Gasteiger partial charge in [0.15, 0.2) is 6.17 Å². The van der Waals surface area contributed by atoms with Crippen LogP contribution in [0, 0.1) is 0 Å². The second-order valence-corrected chi connectivity index (χ2v) is 14.2. The Kier molecular flexibility index (Phi) is 6.42. The number of para-hydroxylation sites is 3. The molecule has 0 aliphatic carbocycles. The van der Waals surface area contributed by atoms with E-state index in [1.807, 2.05) is 17.4 Å². The van der Waals surface area contributed by atoms with Crippen molar-refractivity contribution in [1.29, 1.82) is 0 Å². The molecule has 1 unspecified atom stereocenters. The molecule has 1 aliphatic heterocycles. The summed E-state index contributed by atoms with van der Waals surface area (Å²) < 4.78 is 4.70. The maximum absolute atomic E-state index is 5.43. The summed E-state index contributed by atoms with van der Waals surface area (Å²) >= 11 is 1.84. The number of rotatable bonds is 3. The van der Waals surface area contributed by atoms with Gasteiger partial charge in [-0.2, -0.15) is 0 Å². The molecule has 0 radical (unpaired) electrons. The van der Waals surface area contributed by atoms with Gasteiger partial charge in [-0.15, -0.1) is 11.3 Å². The van der Waals surface area contributed by atoms with Crippen LogP contribution in [0.15, 0.2) is 174 Å². The van der Waals surface area contributed by atoms with Gasteiger partial charge in [0, 0.05) is 63.8 Å². The zero-order valence-corrected chi connectivity index (χ0v) is 28.7. The molecule has 244 valence electrons. The molecule has 0 spiro atoms. The average Bonchev–Trinajstić information content (AvgIpc) is 3.77. The van der Waals surface area contributed by atoms with Gasteiger partial charge in [0.1, 0.15) is 5.84 Å². The van der Waals surface area contributed by atoms with Crippen LogP contribution in [0.1, 0.15) is 17.3 Å². The molecule has 7 aromatic carbocycles. The van der Waals surface area contributed by atoms with E-state index < -0.39 is 6.17 Å². The minimum absolute atomic E-state index is 0.465. The highest BCUT2D eigenvalue weighted by Gasteiger charge is 2.26. The molecule has 0 saturated heterocycles. The van der Waals surface area contributed by atoms with Gasteiger partial charge in [0.05, 0.1) is 22.2 Å². The van der Waals surface area contributed by atoms with Gasteiger partial charge in [0.2, 0.25) is 5.96 Å². The Morgan fingerprint density at radius 2 is 1.08 bits per heavy atom. The monoisotopic (exact) mass is 683 g/mol. The first-order chi connectivity index (χ1) is 25.8. The van der Waals surface area contributed by atoms with E-state index in [4.69, 9.17) is 15.0 Å². The molecule has 0 saturated carbocycles. The van der Waals surface area contributed by atoms with E-state index in [0.29, 0.717) is 0 Å². The van der Waals surface area contributed by atoms with Crippen molar-refractivity contribution in [3.63, 3.8) is 0 Å². The van der Waals surface area contributed by atoms with Gasteiger partial charge in [-0.05, 0) is 18.2 Å². The summed E-state index contributed by atoms with van der Waals surface area (Å²) in [5, 5.41) is 12.0. The molecule has 52 heavy (non-hydrogen) atoms. The predicted octanol–water partition coefficient (Wildman–Crippen LogP) is 11.5. The fourth-order valence-electron chi connectivity index (χ4n) is 7.91. The topological polar surface area (TPSA) is 54.6 Å². The predicted molar refractivity (Wildman–Crippen MR) is 219 cm³/mol. The summed E-state index contributed by atoms with van der Waals surface area (Å²) in [7, 11) is 0. The zero-order valence-electron chi connectivity index (χ0n) is 27.9. The normalized spacial score (nSPS) is 14.7. The van der Waals surface area contributed by atoms with Crippen LogP contribution in [0.5, 0.6) is 0 Å². The standard InChI is InChI=1S/C46H29N5S/c1-3-14-28(15-4-1)41-35-27-26-33-32-21-13-22-36(42(32)52-43(33)40(35)34-20-7-10-23-37(34)47-41)45-48-44(29-16-5-2-6-17-29)49-46(50-45)51-38-24-11-8-18-30(38)31-19-9-12-25-39(31)51/h1-27,45H,(H,48,49,50). The van der Waals surface area contributed by atoms with E-state index in [0.717, 1.165) is 61.5 Å². The molecule has 1 N–H and O–H groups in total. The van der Waals surface area contributed by atoms with Gasteiger partial charge >= 0.3 is 0 Å².